The summed E-state index contributed by atoms with van der Waals surface area (Å²) in [5, 5.41) is 11.0. The number of aromatic nitrogens is 3. The molecule has 1 spiro atoms. The minimum Gasteiger partial charge on any atom is -0.458 e. The van der Waals surface area contributed by atoms with Gasteiger partial charge in [0.1, 0.15) is 11.9 Å². The molecule has 1 N–H and O–H groups in total. The molecule has 1 aliphatic carbocycles. The zero-order valence-electron chi connectivity index (χ0n) is 15.3. The van der Waals surface area contributed by atoms with Gasteiger partial charge in [0.15, 0.2) is 5.82 Å². The Morgan fingerprint density at radius 2 is 2.04 bits per heavy atom. The molecular weight excluding hydrogens is 344 g/mol. The molecule has 1 aromatic heterocycles. The Bertz CT molecular complexity index is 812. The van der Waals surface area contributed by atoms with Crippen LogP contribution in [0.25, 0.3) is 0 Å². The lowest BCUT2D eigenvalue weighted by Gasteiger charge is -2.27. The fourth-order valence-electron chi connectivity index (χ4n) is 4.23. The molecule has 0 bridgehead atoms. The molecule has 1 amide bonds. The summed E-state index contributed by atoms with van der Waals surface area (Å²) in [6.45, 7) is 1.05. The van der Waals surface area contributed by atoms with Crippen molar-refractivity contribution in [1.29, 1.82) is 0 Å². The summed E-state index contributed by atoms with van der Waals surface area (Å²) in [6, 6.07) is 10.2. The first-order valence-electron chi connectivity index (χ1n) is 9.56. The summed E-state index contributed by atoms with van der Waals surface area (Å²) in [4.78, 5) is 24.5. The molecule has 27 heavy (non-hydrogen) atoms. The second kappa shape index (κ2) is 7.50. The highest BCUT2D eigenvalue weighted by Gasteiger charge is 2.53. The molecule has 2 aromatic rings. The van der Waals surface area contributed by atoms with E-state index < -0.39 is 11.5 Å². The van der Waals surface area contributed by atoms with Crippen LogP contribution in [0.2, 0.25) is 0 Å². The Morgan fingerprint density at radius 1 is 1.26 bits per heavy atom. The van der Waals surface area contributed by atoms with Crippen LogP contribution in [-0.4, -0.2) is 32.2 Å². The second-order valence-corrected chi connectivity index (χ2v) is 7.40. The van der Waals surface area contributed by atoms with Crippen LogP contribution in [0.15, 0.2) is 36.7 Å². The molecule has 0 radical (unpaired) electrons. The van der Waals surface area contributed by atoms with Gasteiger partial charge in [-0.05, 0) is 37.7 Å². The van der Waals surface area contributed by atoms with Gasteiger partial charge < -0.3 is 14.6 Å². The number of esters is 1. The number of nitrogens with one attached hydrogen (secondary N) is 1. The highest BCUT2D eigenvalue weighted by atomic mass is 16.6. The first kappa shape index (κ1) is 17.7. The van der Waals surface area contributed by atoms with Crippen LogP contribution in [0.3, 0.4) is 0 Å². The number of ether oxygens (including phenoxy) is 1. The van der Waals surface area contributed by atoms with Crippen molar-refractivity contribution in [3.05, 3.63) is 48.0 Å². The van der Waals surface area contributed by atoms with E-state index in [0.717, 1.165) is 38.6 Å². The molecule has 142 valence electrons. The number of carbonyl (C=O) groups excluding carboxylic acids is 2. The third kappa shape index (κ3) is 3.72. The summed E-state index contributed by atoms with van der Waals surface area (Å²) in [6.07, 6.45) is 6.30. The van der Waals surface area contributed by atoms with Gasteiger partial charge >= 0.3 is 5.97 Å². The van der Waals surface area contributed by atoms with Gasteiger partial charge in [0, 0.05) is 6.54 Å². The summed E-state index contributed by atoms with van der Waals surface area (Å²) in [5.41, 5.74) is 0.660. The number of aryl methyl sites for hydroxylation is 2. The molecule has 1 aliphatic heterocycles. The summed E-state index contributed by atoms with van der Waals surface area (Å²) in [5.74, 6) is -0.0679. The van der Waals surface area contributed by atoms with Gasteiger partial charge in [-0.2, -0.15) is 0 Å². The van der Waals surface area contributed by atoms with Gasteiger partial charge in [-0.3, -0.25) is 9.59 Å². The zero-order valence-corrected chi connectivity index (χ0v) is 15.3. The molecule has 1 saturated heterocycles. The van der Waals surface area contributed by atoms with Crippen LogP contribution < -0.4 is 5.32 Å². The van der Waals surface area contributed by atoms with E-state index in [-0.39, 0.29) is 18.3 Å². The molecule has 1 atom stereocenters. The lowest BCUT2D eigenvalue weighted by molar-refractivity contribution is -0.150. The van der Waals surface area contributed by atoms with E-state index in [2.05, 4.69) is 27.6 Å². The Labute approximate surface area is 158 Å². The number of amides is 1. The van der Waals surface area contributed by atoms with E-state index in [1.54, 1.807) is 6.33 Å². The number of rotatable bonds is 6. The lowest BCUT2D eigenvalue weighted by atomic mass is 9.85. The van der Waals surface area contributed by atoms with Crippen molar-refractivity contribution in [2.75, 3.05) is 0 Å². The average Bonchev–Trinajstić information content (AvgIpc) is 3.40. The fraction of sp³-hybridized carbons (Fsp3) is 0.500. The SMILES string of the molecule is O=C1CC(C(=O)NCc2nncn2CCc2ccccc2)C2(CCCC2)O1. The first-order valence-corrected chi connectivity index (χ1v) is 9.56. The minimum absolute atomic E-state index is 0.125. The molecule has 1 saturated carbocycles. The summed E-state index contributed by atoms with van der Waals surface area (Å²) < 4.78 is 7.51. The minimum atomic E-state index is -0.581. The van der Waals surface area contributed by atoms with Crippen LogP contribution in [0, 0.1) is 5.92 Å². The largest absolute Gasteiger partial charge is 0.458 e. The van der Waals surface area contributed by atoms with Crippen LogP contribution in [0.4, 0.5) is 0 Å². The van der Waals surface area contributed by atoms with Crippen molar-refractivity contribution in [1.82, 2.24) is 20.1 Å². The molecule has 2 heterocycles. The van der Waals surface area contributed by atoms with Gasteiger partial charge in [-0.15, -0.1) is 10.2 Å². The van der Waals surface area contributed by atoms with E-state index in [1.165, 1.54) is 5.56 Å². The Kier molecular flexibility index (Phi) is 4.92. The fourth-order valence-corrected chi connectivity index (χ4v) is 4.23. The monoisotopic (exact) mass is 368 g/mol. The van der Waals surface area contributed by atoms with E-state index in [0.29, 0.717) is 12.4 Å². The van der Waals surface area contributed by atoms with Crippen molar-refractivity contribution in [2.45, 2.75) is 57.2 Å². The molecule has 7 nitrogen and oxygen atoms in total. The topological polar surface area (TPSA) is 86.1 Å². The van der Waals surface area contributed by atoms with Crippen LogP contribution in [0.1, 0.15) is 43.5 Å². The van der Waals surface area contributed by atoms with Crippen LogP contribution in [0.5, 0.6) is 0 Å². The predicted octanol–water partition coefficient (Wildman–Crippen LogP) is 2.01. The predicted molar refractivity (Wildman–Crippen MR) is 97.4 cm³/mol. The first-order chi connectivity index (χ1) is 13.2. The number of carbonyl (C=O) groups is 2. The van der Waals surface area contributed by atoms with Crippen molar-refractivity contribution in [2.24, 2.45) is 5.92 Å². The van der Waals surface area contributed by atoms with E-state index in [1.807, 2.05) is 22.8 Å². The maximum Gasteiger partial charge on any atom is 0.307 e. The van der Waals surface area contributed by atoms with E-state index in [4.69, 9.17) is 4.74 Å². The van der Waals surface area contributed by atoms with Crippen LogP contribution in [-0.2, 0) is 33.8 Å². The van der Waals surface area contributed by atoms with Crippen molar-refractivity contribution in [3.63, 3.8) is 0 Å². The normalized spacial score (nSPS) is 20.7. The van der Waals surface area contributed by atoms with Crippen molar-refractivity contribution in [3.8, 4) is 0 Å². The molecule has 1 aromatic carbocycles. The van der Waals surface area contributed by atoms with E-state index in [9.17, 15) is 9.59 Å². The number of hydrogen-bond acceptors (Lipinski definition) is 5. The summed E-state index contributed by atoms with van der Waals surface area (Å²) in [7, 11) is 0. The van der Waals surface area contributed by atoms with E-state index >= 15 is 0 Å². The maximum absolute atomic E-state index is 12.7. The standard InChI is InChI=1S/C20H24N4O3/c25-18-12-16(20(27-18)9-4-5-10-20)19(26)21-13-17-23-22-14-24(17)11-8-15-6-2-1-3-7-15/h1-3,6-7,14,16H,4-5,8-13H2,(H,21,26). The molecular formula is C20H24N4O3. The van der Waals surface area contributed by atoms with Gasteiger partial charge in [0.05, 0.1) is 18.9 Å². The average molecular weight is 368 g/mol. The third-order valence-corrected chi connectivity index (χ3v) is 5.69. The van der Waals surface area contributed by atoms with Crippen LogP contribution >= 0.6 is 0 Å². The van der Waals surface area contributed by atoms with Crippen molar-refractivity contribution < 1.29 is 14.3 Å². The number of nitrogens with zero attached hydrogens (tertiary/aromatic N) is 3. The zero-order chi connectivity index (χ0) is 18.7. The number of benzene rings is 1. The molecule has 2 aliphatic rings. The highest BCUT2D eigenvalue weighted by Crippen LogP contribution is 2.45. The number of hydrogen-bond donors (Lipinski definition) is 1. The van der Waals surface area contributed by atoms with Gasteiger partial charge in [0.25, 0.3) is 0 Å². The Balaban J connectivity index is 1.36. The second-order valence-electron chi connectivity index (χ2n) is 7.40. The highest BCUT2D eigenvalue weighted by molar-refractivity contribution is 5.87. The van der Waals surface area contributed by atoms with Gasteiger partial charge in [-0.25, -0.2) is 0 Å². The molecule has 4 rings (SSSR count). The molecule has 2 fully saturated rings. The van der Waals surface area contributed by atoms with Crippen molar-refractivity contribution >= 4 is 11.9 Å². The Hall–Kier alpha value is -2.70. The van der Waals surface area contributed by atoms with Gasteiger partial charge in [0.2, 0.25) is 5.91 Å². The summed E-state index contributed by atoms with van der Waals surface area (Å²) >= 11 is 0. The quantitative estimate of drug-likeness (QED) is 0.789. The maximum atomic E-state index is 12.7. The van der Waals surface area contributed by atoms with Gasteiger partial charge in [-0.1, -0.05) is 30.3 Å². The lowest BCUT2D eigenvalue weighted by Crippen LogP contribution is -2.42. The third-order valence-electron chi connectivity index (χ3n) is 5.69. The smallest absolute Gasteiger partial charge is 0.307 e. The molecule has 7 heteroatoms. The molecule has 1 unspecified atom stereocenters. The Morgan fingerprint density at radius 3 is 2.81 bits per heavy atom.